The van der Waals surface area contributed by atoms with Crippen LogP contribution in [-0.4, -0.2) is 38.5 Å². The van der Waals surface area contributed by atoms with Gasteiger partial charge in [0.2, 0.25) is 10.0 Å². The molecule has 2 aromatic rings. The van der Waals surface area contributed by atoms with Crippen LogP contribution in [0.2, 0.25) is 0 Å². The van der Waals surface area contributed by atoms with Crippen LogP contribution in [0.25, 0.3) is 0 Å². The van der Waals surface area contributed by atoms with Crippen LogP contribution in [0, 0.1) is 0 Å². The van der Waals surface area contributed by atoms with E-state index in [-0.39, 0.29) is 10.3 Å². The summed E-state index contributed by atoms with van der Waals surface area (Å²) in [6.07, 6.45) is 2.24. The topological polar surface area (TPSA) is 73.2 Å². The molecule has 0 amide bonds. The van der Waals surface area contributed by atoms with Crippen molar-refractivity contribution < 1.29 is 13.2 Å². The van der Waals surface area contributed by atoms with Crippen LogP contribution < -0.4 is 4.72 Å². The van der Waals surface area contributed by atoms with E-state index in [1.807, 2.05) is 51.1 Å². The highest BCUT2D eigenvalue weighted by atomic mass is 32.2. The normalized spacial score (nSPS) is 12.5. The summed E-state index contributed by atoms with van der Waals surface area (Å²) in [6.45, 7) is 7.28. The van der Waals surface area contributed by atoms with E-state index >= 15 is 0 Å². The second-order valence-corrected chi connectivity index (χ2v) is 8.75. The Bertz CT molecular complexity index is 778. The molecule has 1 N–H and O–H groups in total. The number of sulfonamides is 1. The van der Waals surface area contributed by atoms with Crippen molar-refractivity contribution in [2.75, 3.05) is 20.3 Å². The minimum Gasteiger partial charge on any atom is -0.385 e. The van der Waals surface area contributed by atoms with Crippen LogP contribution in [-0.2, 0) is 26.7 Å². The highest BCUT2D eigenvalue weighted by molar-refractivity contribution is 7.89. The first kappa shape index (κ1) is 19.6. The average Bonchev–Trinajstić information content (AvgIpc) is 2.98. The molecule has 0 saturated carbocycles. The molecule has 0 aliphatic rings. The fourth-order valence-electron chi connectivity index (χ4n) is 2.47. The third kappa shape index (κ3) is 5.39. The molecule has 1 aromatic heterocycles. The number of ether oxygens (including phenoxy) is 1. The molecule has 0 saturated heterocycles. The molecule has 0 atom stereocenters. The molecule has 6 nitrogen and oxygen atoms in total. The van der Waals surface area contributed by atoms with Crippen LogP contribution in [0.1, 0.15) is 38.4 Å². The van der Waals surface area contributed by atoms with E-state index in [4.69, 9.17) is 4.74 Å². The Hall–Kier alpha value is -1.70. The van der Waals surface area contributed by atoms with E-state index in [0.29, 0.717) is 31.8 Å². The van der Waals surface area contributed by atoms with Gasteiger partial charge in [0, 0.05) is 31.9 Å². The first-order chi connectivity index (χ1) is 11.7. The van der Waals surface area contributed by atoms with E-state index in [9.17, 15) is 8.42 Å². The van der Waals surface area contributed by atoms with Gasteiger partial charge in [-0.05, 0) is 12.0 Å². The number of hydrogen-bond donors (Lipinski definition) is 1. The van der Waals surface area contributed by atoms with Crippen molar-refractivity contribution in [3.8, 4) is 0 Å². The lowest BCUT2D eigenvalue weighted by Crippen LogP contribution is -2.28. The maximum atomic E-state index is 12.7. The van der Waals surface area contributed by atoms with E-state index in [1.165, 1.54) is 0 Å². The van der Waals surface area contributed by atoms with Gasteiger partial charge in [-0.2, -0.15) is 5.10 Å². The Labute approximate surface area is 150 Å². The zero-order chi connectivity index (χ0) is 18.5. The number of aromatic nitrogens is 2. The maximum absolute atomic E-state index is 12.7. The van der Waals surface area contributed by atoms with Gasteiger partial charge in [0.1, 0.15) is 4.90 Å². The first-order valence-electron chi connectivity index (χ1n) is 8.34. The van der Waals surface area contributed by atoms with Gasteiger partial charge in [-0.3, -0.25) is 4.68 Å². The van der Waals surface area contributed by atoms with Crippen LogP contribution in [0.4, 0.5) is 0 Å². The van der Waals surface area contributed by atoms with E-state index in [1.54, 1.807) is 18.0 Å². The highest BCUT2D eigenvalue weighted by Gasteiger charge is 2.29. The first-order valence-corrected chi connectivity index (χ1v) is 9.83. The molecular weight excluding hydrogens is 338 g/mol. The minimum absolute atomic E-state index is 0.244. The van der Waals surface area contributed by atoms with E-state index in [2.05, 4.69) is 9.82 Å². The van der Waals surface area contributed by atoms with Crippen molar-refractivity contribution >= 4 is 10.0 Å². The van der Waals surface area contributed by atoms with Gasteiger partial charge in [0.25, 0.3) is 0 Å². The predicted octanol–water partition coefficient (Wildman–Crippen LogP) is 2.54. The summed E-state index contributed by atoms with van der Waals surface area (Å²) in [4.78, 5) is 0.244. The Balaban J connectivity index is 2.29. The number of hydrogen-bond acceptors (Lipinski definition) is 4. The highest BCUT2D eigenvalue weighted by Crippen LogP contribution is 2.27. The Kier molecular flexibility index (Phi) is 6.37. The van der Waals surface area contributed by atoms with Gasteiger partial charge in [-0.25, -0.2) is 13.1 Å². The molecule has 0 aliphatic heterocycles. The smallest absolute Gasteiger partial charge is 0.243 e. The van der Waals surface area contributed by atoms with Crippen molar-refractivity contribution in [1.82, 2.24) is 14.5 Å². The summed E-state index contributed by atoms with van der Waals surface area (Å²) in [6, 6.07) is 9.86. The van der Waals surface area contributed by atoms with Gasteiger partial charge in [0.05, 0.1) is 12.2 Å². The van der Waals surface area contributed by atoms with Crippen molar-refractivity contribution in [2.24, 2.45) is 0 Å². The third-order valence-electron chi connectivity index (χ3n) is 3.73. The fraction of sp³-hybridized carbons (Fsp3) is 0.500. The van der Waals surface area contributed by atoms with Gasteiger partial charge in [-0.15, -0.1) is 0 Å². The number of rotatable bonds is 8. The molecule has 138 valence electrons. The monoisotopic (exact) mass is 365 g/mol. The number of benzene rings is 1. The average molecular weight is 365 g/mol. The molecule has 25 heavy (non-hydrogen) atoms. The predicted molar refractivity (Wildman–Crippen MR) is 98.2 cm³/mol. The zero-order valence-electron chi connectivity index (χ0n) is 15.3. The fourth-order valence-corrected chi connectivity index (χ4v) is 3.90. The van der Waals surface area contributed by atoms with E-state index < -0.39 is 10.0 Å². The molecule has 0 radical (unpaired) electrons. The molecule has 7 heteroatoms. The van der Waals surface area contributed by atoms with Crippen molar-refractivity contribution in [3.05, 3.63) is 47.8 Å². The molecular formula is C18H27N3O3S. The molecule has 0 spiro atoms. The summed E-state index contributed by atoms with van der Waals surface area (Å²) < 4.78 is 34.7. The summed E-state index contributed by atoms with van der Waals surface area (Å²) in [5.74, 6) is 0. The molecule has 0 aliphatic carbocycles. The summed E-state index contributed by atoms with van der Waals surface area (Å²) in [5.41, 5.74) is 1.27. The molecule has 0 bridgehead atoms. The number of nitrogens with one attached hydrogen (secondary N) is 1. The summed E-state index contributed by atoms with van der Waals surface area (Å²) in [5, 5.41) is 4.56. The lowest BCUT2D eigenvalue weighted by molar-refractivity contribution is 0.196. The Morgan fingerprint density at radius 1 is 1.20 bits per heavy atom. The number of nitrogens with zero attached hydrogens (tertiary/aromatic N) is 2. The van der Waals surface area contributed by atoms with Crippen molar-refractivity contribution in [1.29, 1.82) is 0 Å². The largest absolute Gasteiger partial charge is 0.385 e. The maximum Gasteiger partial charge on any atom is 0.243 e. The van der Waals surface area contributed by atoms with Crippen LogP contribution in [0.15, 0.2) is 41.4 Å². The molecule has 1 aromatic carbocycles. The van der Waals surface area contributed by atoms with E-state index in [0.717, 1.165) is 5.56 Å². The lowest BCUT2D eigenvalue weighted by Gasteiger charge is -2.17. The standard InChI is InChI=1S/C18H27N3O3S/c1-18(2,3)17-16(25(22,23)19-11-8-12-24-4)14-21(20-17)13-15-9-6-5-7-10-15/h5-7,9-10,14,19H,8,11-13H2,1-4H3. The molecule has 2 rings (SSSR count). The lowest BCUT2D eigenvalue weighted by atomic mass is 9.92. The second kappa shape index (κ2) is 8.12. The molecule has 1 heterocycles. The zero-order valence-corrected chi connectivity index (χ0v) is 16.1. The molecule has 0 unspecified atom stereocenters. The quantitative estimate of drug-likeness (QED) is 0.730. The van der Waals surface area contributed by atoms with Crippen LogP contribution >= 0.6 is 0 Å². The minimum atomic E-state index is -3.61. The van der Waals surface area contributed by atoms with Crippen LogP contribution in [0.3, 0.4) is 0 Å². The Morgan fingerprint density at radius 2 is 1.88 bits per heavy atom. The molecule has 0 fully saturated rings. The van der Waals surface area contributed by atoms with Gasteiger partial charge in [0.15, 0.2) is 0 Å². The summed E-state index contributed by atoms with van der Waals surface area (Å²) in [7, 11) is -2.02. The van der Waals surface area contributed by atoms with Crippen molar-refractivity contribution in [2.45, 2.75) is 44.0 Å². The van der Waals surface area contributed by atoms with Crippen LogP contribution in [0.5, 0.6) is 0 Å². The Morgan fingerprint density at radius 3 is 2.48 bits per heavy atom. The van der Waals surface area contributed by atoms with Gasteiger partial charge in [-0.1, -0.05) is 51.1 Å². The number of methoxy groups -OCH3 is 1. The van der Waals surface area contributed by atoms with Gasteiger partial charge < -0.3 is 4.74 Å². The van der Waals surface area contributed by atoms with Crippen molar-refractivity contribution in [3.63, 3.8) is 0 Å². The van der Waals surface area contributed by atoms with Gasteiger partial charge >= 0.3 is 0 Å². The SMILES string of the molecule is COCCCNS(=O)(=O)c1cn(Cc2ccccc2)nc1C(C)(C)C. The third-order valence-corrected chi connectivity index (χ3v) is 5.19. The second-order valence-electron chi connectivity index (χ2n) is 7.02. The summed E-state index contributed by atoms with van der Waals surface area (Å²) >= 11 is 0.